The quantitative estimate of drug-likeness (QED) is 0.894. The van der Waals surface area contributed by atoms with Crippen molar-refractivity contribution in [2.24, 2.45) is 0 Å². The molecule has 1 heterocycles. The lowest BCUT2D eigenvalue weighted by atomic mass is 10.1. The molecule has 1 aromatic carbocycles. The number of thiophene rings is 1. The molecule has 0 aliphatic carbocycles. The van der Waals surface area contributed by atoms with Crippen molar-refractivity contribution in [2.75, 3.05) is 5.32 Å². The van der Waals surface area contributed by atoms with E-state index in [9.17, 15) is 9.59 Å². The fourth-order valence-corrected chi connectivity index (χ4v) is 3.08. The second-order valence-corrected chi connectivity index (χ2v) is 5.62. The number of aryl methyl sites for hydroxylation is 1. The van der Waals surface area contributed by atoms with Crippen LogP contribution in [-0.2, 0) is 0 Å². The van der Waals surface area contributed by atoms with Crippen LogP contribution in [0.5, 0.6) is 0 Å². The van der Waals surface area contributed by atoms with E-state index in [2.05, 4.69) is 21.2 Å². The van der Waals surface area contributed by atoms with Gasteiger partial charge >= 0.3 is 5.97 Å². The average Bonchev–Trinajstić information content (AvgIpc) is 2.77. The average molecular weight is 340 g/mol. The first-order chi connectivity index (χ1) is 9.00. The summed E-state index contributed by atoms with van der Waals surface area (Å²) in [5.74, 6) is -1.39. The minimum Gasteiger partial charge on any atom is -0.478 e. The van der Waals surface area contributed by atoms with Crippen molar-refractivity contribution in [2.45, 2.75) is 6.92 Å². The van der Waals surface area contributed by atoms with Gasteiger partial charge in [0.05, 0.1) is 11.3 Å². The Labute approximate surface area is 122 Å². The number of carboxylic acid groups (broad SMARTS) is 1. The Balaban J connectivity index is 2.36. The van der Waals surface area contributed by atoms with Gasteiger partial charge in [0, 0.05) is 4.47 Å². The first-order valence-electron chi connectivity index (χ1n) is 5.38. The predicted octanol–water partition coefficient (Wildman–Crippen LogP) is 3.77. The van der Waals surface area contributed by atoms with Gasteiger partial charge in [-0.25, -0.2) is 4.79 Å². The summed E-state index contributed by atoms with van der Waals surface area (Å²) >= 11 is 4.57. The zero-order valence-electron chi connectivity index (χ0n) is 9.94. The number of carboxylic acids is 1. The molecule has 0 aliphatic heterocycles. The van der Waals surface area contributed by atoms with E-state index < -0.39 is 5.97 Å². The Morgan fingerprint density at radius 2 is 2.05 bits per heavy atom. The zero-order valence-corrected chi connectivity index (χ0v) is 12.3. The summed E-state index contributed by atoms with van der Waals surface area (Å²) in [5, 5.41) is 13.6. The molecule has 98 valence electrons. The number of carbonyl (C=O) groups is 2. The number of hydrogen-bond acceptors (Lipinski definition) is 3. The predicted molar refractivity (Wildman–Crippen MR) is 78.1 cm³/mol. The van der Waals surface area contributed by atoms with Crippen LogP contribution in [0, 0.1) is 6.92 Å². The molecule has 0 spiro atoms. The second-order valence-electron chi connectivity index (χ2n) is 3.85. The molecule has 1 amide bonds. The number of para-hydroxylation sites is 1. The van der Waals surface area contributed by atoms with E-state index in [0.29, 0.717) is 20.6 Å². The summed E-state index contributed by atoms with van der Waals surface area (Å²) in [6, 6.07) is 6.64. The Hall–Kier alpha value is -1.66. The maximum absolute atomic E-state index is 12.1. The number of anilines is 1. The van der Waals surface area contributed by atoms with Gasteiger partial charge in [-0.3, -0.25) is 4.79 Å². The largest absolute Gasteiger partial charge is 0.478 e. The van der Waals surface area contributed by atoms with Crippen molar-refractivity contribution < 1.29 is 14.7 Å². The van der Waals surface area contributed by atoms with E-state index in [1.807, 2.05) is 0 Å². The highest BCUT2D eigenvalue weighted by Crippen LogP contribution is 2.26. The lowest BCUT2D eigenvalue weighted by molar-refractivity contribution is 0.0698. The minimum absolute atomic E-state index is 0.0843. The Morgan fingerprint density at radius 3 is 2.63 bits per heavy atom. The highest BCUT2D eigenvalue weighted by molar-refractivity contribution is 9.10. The molecular weight excluding hydrogens is 330 g/mol. The van der Waals surface area contributed by atoms with Crippen LogP contribution >= 0.6 is 27.3 Å². The molecular formula is C13H10BrNO3S. The SMILES string of the molecule is Cc1cccc(C(=O)O)c1NC(=O)c1sccc1Br. The van der Waals surface area contributed by atoms with Gasteiger partial charge in [0.1, 0.15) is 4.88 Å². The molecule has 2 N–H and O–H groups in total. The lowest BCUT2D eigenvalue weighted by Crippen LogP contribution is -2.15. The maximum Gasteiger partial charge on any atom is 0.337 e. The van der Waals surface area contributed by atoms with E-state index in [-0.39, 0.29) is 11.5 Å². The number of nitrogens with one attached hydrogen (secondary N) is 1. The fourth-order valence-electron chi connectivity index (χ4n) is 1.64. The van der Waals surface area contributed by atoms with E-state index >= 15 is 0 Å². The normalized spacial score (nSPS) is 10.2. The van der Waals surface area contributed by atoms with Crippen molar-refractivity contribution in [3.8, 4) is 0 Å². The first-order valence-corrected chi connectivity index (χ1v) is 7.05. The molecule has 2 rings (SSSR count). The fraction of sp³-hybridized carbons (Fsp3) is 0.0769. The molecule has 1 aromatic heterocycles. The second kappa shape index (κ2) is 5.54. The van der Waals surface area contributed by atoms with Gasteiger partial charge in [0.15, 0.2) is 0 Å². The van der Waals surface area contributed by atoms with Crippen LogP contribution in [0.2, 0.25) is 0 Å². The van der Waals surface area contributed by atoms with Crippen LogP contribution in [0.25, 0.3) is 0 Å². The van der Waals surface area contributed by atoms with Crippen molar-refractivity contribution in [3.63, 3.8) is 0 Å². The van der Waals surface area contributed by atoms with Crippen LogP contribution < -0.4 is 5.32 Å². The van der Waals surface area contributed by atoms with Gasteiger partial charge in [-0.05, 0) is 45.9 Å². The Morgan fingerprint density at radius 1 is 1.32 bits per heavy atom. The third-order valence-corrected chi connectivity index (χ3v) is 4.40. The first kappa shape index (κ1) is 13.8. The molecule has 0 bridgehead atoms. The van der Waals surface area contributed by atoms with Crippen LogP contribution in [0.15, 0.2) is 34.1 Å². The summed E-state index contributed by atoms with van der Waals surface area (Å²) in [5.41, 5.74) is 1.13. The van der Waals surface area contributed by atoms with Crippen LogP contribution in [0.3, 0.4) is 0 Å². The van der Waals surface area contributed by atoms with Crippen LogP contribution in [0.1, 0.15) is 25.6 Å². The lowest BCUT2D eigenvalue weighted by Gasteiger charge is -2.10. The van der Waals surface area contributed by atoms with Gasteiger partial charge in [0.25, 0.3) is 5.91 Å². The number of benzene rings is 1. The van der Waals surface area contributed by atoms with Gasteiger partial charge in [-0.1, -0.05) is 12.1 Å². The third kappa shape index (κ3) is 2.85. The summed E-state index contributed by atoms with van der Waals surface area (Å²) in [6.07, 6.45) is 0. The summed E-state index contributed by atoms with van der Waals surface area (Å²) in [7, 11) is 0. The molecule has 2 aromatic rings. The van der Waals surface area contributed by atoms with E-state index in [4.69, 9.17) is 5.11 Å². The highest BCUT2D eigenvalue weighted by Gasteiger charge is 2.17. The number of halogens is 1. The van der Waals surface area contributed by atoms with Gasteiger partial charge in [0.2, 0.25) is 0 Å². The number of rotatable bonds is 3. The van der Waals surface area contributed by atoms with E-state index in [1.54, 1.807) is 30.5 Å². The van der Waals surface area contributed by atoms with Crippen LogP contribution in [-0.4, -0.2) is 17.0 Å². The molecule has 0 aliphatic rings. The third-order valence-electron chi connectivity index (χ3n) is 2.57. The highest BCUT2D eigenvalue weighted by atomic mass is 79.9. The molecule has 0 fully saturated rings. The van der Waals surface area contributed by atoms with Crippen molar-refractivity contribution in [1.82, 2.24) is 0 Å². The minimum atomic E-state index is -1.07. The number of aromatic carboxylic acids is 1. The monoisotopic (exact) mass is 339 g/mol. The maximum atomic E-state index is 12.1. The van der Waals surface area contributed by atoms with Gasteiger partial charge in [-0.2, -0.15) is 0 Å². The number of amides is 1. The van der Waals surface area contributed by atoms with Crippen LogP contribution in [0.4, 0.5) is 5.69 Å². The molecule has 0 atom stereocenters. The number of carbonyl (C=O) groups excluding carboxylic acids is 1. The summed E-state index contributed by atoms with van der Waals surface area (Å²) < 4.78 is 0.695. The zero-order chi connectivity index (χ0) is 14.0. The van der Waals surface area contributed by atoms with E-state index in [0.717, 1.165) is 0 Å². The Bertz CT molecular complexity index is 651. The van der Waals surface area contributed by atoms with Crippen molar-refractivity contribution in [3.05, 3.63) is 50.1 Å². The van der Waals surface area contributed by atoms with Crippen molar-refractivity contribution in [1.29, 1.82) is 0 Å². The molecule has 0 radical (unpaired) electrons. The van der Waals surface area contributed by atoms with E-state index in [1.165, 1.54) is 17.4 Å². The van der Waals surface area contributed by atoms with Gasteiger partial charge < -0.3 is 10.4 Å². The molecule has 0 saturated carbocycles. The number of hydrogen-bond donors (Lipinski definition) is 2. The topological polar surface area (TPSA) is 66.4 Å². The molecule has 6 heteroatoms. The molecule has 0 saturated heterocycles. The summed E-state index contributed by atoms with van der Waals surface area (Å²) in [6.45, 7) is 1.76. The van der Waals surface area contributed by atoms with Crippen molar-refractivity contribution >= 4 is 44.8 Å². The van der Waals surface area contributed by atoms with Gasteiger partial charge in [-0.15, -0.1) is 11.3 Å². The smallest absolute Gasteiger partial charge is 0.337 e. The molecule has 0 unspecified atom stereocenters. The molecule has 19 heavy (non-hydrogen) atoms. The molecule has 4 nitrogen and oxygen atoms in total. The Kier molecular flexibility index (Phi) is 4.01. The summed E-state index contributed by atoms with van der Waals surface area (Å²) in [4.78, 5) is 23.8. The standard InChI is InChI=1S/C13H10BrNO3S/c1-7-3-2-4-8(13(17)18)10(7)15-12(16)11-9(14)5-6-19-11/h2-6H,1H3,(H,15,16)(H,17,18).